The second-order valence-corrected chi connectivity index (χ2v) is 7.38. The number of rotatable bonds is 6. The molecule has 26 heavy (non-hydrogen) atoms. The Hall–Kier alpha value is -2.32. The van der Waals surface area contributed by atoms with Gasteiger partial charge in [0.2, 0.25) is 5.91 Å². The highest BCUT2D eigenvalue weighted by molar-refractivity contribution is 7.09. The molecule has 0 aliphatic carbocycles. The summed E-state index contributed by atoms with van der Waals surface area (Å²) in [5.74, 6) is -0.180. The molecule has 2 aromatic rings. The van der Waals surface area contributed by atoms with Crippen LogP contribution in [-0.4, -0.2) is 51.9 Å². The summed E-state index contributed by atoms with van der Waals surface area (Å²) in [6.45, 7) is 5.64. The summed E-state index contributed by atoms with van der Waals surface area (Å²) in [7, 11) is 0. The van der Waals surface area contributed by atoms with Crippen LogP contribution in [0.1, 0.15) is 34.3 Å². The van der Waals surface area contributed by atoms with Crippen molar-refractivity contribution in [3.05, 3.63) is 46.2 Å². The van der Waals surface area contributed by atoms with Gasteiger partial charge in [-0.3, -0.25) is 14.5 Å². The predicted octanol–water partition coefficient (Wildman–Crippen LogP) is 1.36. The Morgan fingerprint density at radius 1 is 1.42 bits per heavy atom. The zero-order chi connectivity index (χ0) is 18.5. The number of amides is 2. The normalized spacial score (nSPS) is 20.1. The van der Waals surface area contributed by atoms with Gasteiger partial charge in [-0.05, 0) is 31.7 Å². The average Bonchev–Trinajstić information content (AvgIpc) is 3.26. The fourth-order valence-corrected chi connectivity index (χ4v) is 3.96. The second-order valence-electron chi connectivity index (χ2n) is 6.35. The maximum absolute atomic E-state index is 12.5. The van der Waals surface area contributed by atoms with E-state index >= 15 is 0 Å². The Balaban J connectivity index is 1.69. The first-order valence-electron chi connectivity index (χ1n) is 8.70. The van der Waals surface area contributed by atoms with Gasteiger partial charge in [0.15, 0.2) is 0 Å². The van der Waals surface area contributed by atoms with E-state index in [4.69, 9.17) is 0 Å². The molecule has 0 aromatic carbocycles. The summed E-state index contributed by atoms with van der Waals surface area (Å²) < 4.78 is 0. The van der Waals surface area contributed by atoms with Crippen LogP contribution in [0.4, 0.5) is 0 Å². The van der Waals surface area contributed by atoms with Gasteiger partial charge < -0.3 is 10.6 Å². The number of carbonyl (C=O) groups excluding carboxylic acids is 2. The summed E-state index contributed by atoms with van der Waals surface area (Å²) in [5, 5.41) is 7.97. The van der Waals surface area contributed by atoms with Crippen LogP contribution in [0, 0.1) is 6.92 Å². The lowest BCUT2D eigenvalue weighted by atomic mass is 10.1. The molecule has 0 saturated carbocycles. The minimum atomic E-state index is -0.240. The molecule has 1 aliphatic heterocycles. The van der Waals surface area contributed by atoms with Crippen molar-refractivity contribution < 1.29 is 9.59 Å². The fourth-order valence-electron chi connectivity index (χ4n) is 3.23. The number of likely N-dealkylation sites (N-methyl/N-ethyl adjacent to an activating group) is 1. The molecule has 3 rings (SSSR count). The molecule has 1 fully saturated rings. The lowest BCUT2D eigenvalue weighted by molar-refractivity contribution is -0.125. The van der Waals surface area contributed by atoms with E-state index < -0.39 is 0 Å². The van der Waals surface area contributed by atoms with Gasteiger partial charge in [-0.25, -0.2) is 9.97 Å². The Kier molecular flexibility index (Phi) is 5.95. The molecule has 0 unspecified atom stereocenters. The van der Waals surface area contributed by atoms with Crippen LogP contribution < -0.4 is 10.6 Å². The smallest absolute Gasteiger partial charge is 0.254 e. The first-order valence-corrected chi connectivity index (χ1v) is 9.58. The van der Waals surface area contributed by atoms with E-state index in [2.05, 4.69) is 31.6 Å². The Morgan fingerprint density at radius 3 is 2.96 bits per heavy atom. The van der Waals surface area contributed by atoms with E-state index in [-0.39, 0.29) is 23.9 Å². The van der Waals surface area contributed by atoms with Gasteiger partial charge in [0.1, 0.15) is 6.33 Å². The summed E-state index contributed by atoms with van der Waals surface area (Å²) in [4.78, 5) is 36.3. The molecule has 1 saturated heterocycles. The van der Waals surface area contributed by atoms with Gasteiger partial charge in [0.05, 0.1) is 17.3 Å². The van der Waals surface area contributed by atoms with E-state index in [1.807, 2.05) is 18.4 Å². The van der Waals surface area contributed by atoms with Crippen LogP contribution in [0.15, 0.2) is 30.0 Å². The molecule has 3 heterocycles. The third-order valence-corrected chi connectivity index (χ3v) is 5.35. The molecular formula is C18H23N5O2S. The molecule has 7 nitrogen and oxygen atoms in total. The van der Waals surface area contributed by atoms with Crippen molar-refractivity contribution in [2.24, 2.45) is 0 Å². The lowest BCUT2D eigenvalue weighted by Crippen LogP contribution is -2.42. The van der Waals surface area contributed by atoms with E-state index in [0.29, 0.717) is 37.3 Å². The zero-order valence-corrected chi connectivity index (χ0v) is 15.8. The molecule has 2 aromatic heterocycles. The van der Waals surface area contributed by atoms with Gasteiger partial charge in [-0.1, -0.05) is 6.07 Å². The number of hydrogen-bond donors (Lipinski definition) is 2. The van der Waals surface area contributed by atoms with E-state index in [1.54, 1.807) is 18.3 Å². The fraction of sp³-hybridized carbons (Fsp3) is 0.444. The van der Waals surface area contributed by atoms with Crippen LogP contribution in [-0.2, 0) is 11.3 Å². The number of carbonyl (C=O) groups is 2. The minimum absolute atomic E-state index is 0.0139. The van der Waals surface area contributed by atoms with Crippen molar-refractivity contribution in [3.8, 4) is 0 Å². The number of hydrogen-bond acceptors (Lipinski definition) is 6. The molecule has 0 radical (unpaired) electrons. The first kappa shape index (κ1) is 18.5. The van der Waals surface area contributed by atoms with Crippen molar-refractivity contribution >= 4 is 23.2 Å². The highest BCUT2D eigenvalue weighted by Crippen LogP contribution is 2.23. The maximum Gasteiger partial charge on any atom is 0.254 e. The Labute approximate surface area is 156 Å². The summed E-state index contributed by atoms with van der Waals surface area (Å²) >= 11 is 1.67. The van der Waals surface area contributed by atoms with Gasteiger partial charge in [-0.2, -0.15) is 0 Å². The average molecular weight is 373 g/mol. The van der Waals surface area contributed by atoms with Crippen LogP contribution >= 0.6 is 11.3 Å². The van der Waals surface area contributed by atoms with Crippen LogP contribution in [0.2, 0.25) is 0 Å². The van der Waals surface area contributed by atoms with E-state index in [9.17, 15) is 9.59 Å². The number of nitrogens with one attached hydrogen (secondary N) is 2. The molecular weight excluding hydrogens is 350 g/mol. The third kappa shape index (κ3) is 4.25. The molecule has 0 bridgehead atoms. The molecule has 2 amide bonds. The SMILES string of the molecule is CCNC(=O)[C@@H]1C[C@H](NC(=O)c2cncnc2C)CN1Cc1cccs1. The van der Waals surface area contributed by atoms with Crippen molar-refractivity contribution in [1.82, 2.24) is 25.5 Å². The van der Waals surface area contributed by atoms with E-state index in [0.717, 1.165) is 0 Å². The van der Waals surface area contributed by atoms with E-state index in [1.165, 1.54) is 17.4 Å². The molecule has 138 valence electrons. The zero-order valence-electron chi connectivity index (χ0n) is 14.9. The van der Waals surface area contributed by atoms with Crippen LogP contribution in [0.5, 0.6) is 0 Å². The summed E-state index contributed by atoms with van der Waals surface area (Å²) in [6, 6.07) is 3.75. The quantitative estimate of drug-likeness (QED) is 0.798. The minimum Gasteiger partial charge on any atom is -0.355 e. The second kappa shape index (κ2) is 8.37. The van der Waals surface area contributed by atoms with Gasteiger partial charge >= 0.3 is 0 Å². The number of thiophene rings is 1. The highest BCUT2D eigenvalue weighted by Gasteiger charge is 2.37. The van der Waals surface area contributed by atoms with Gasteiger partial charge in [0.25, 0.3) is 5.91 Å². The molecule has 2 N–H and O–H groups in total. The van der Waals surface area contributed by atoms with Crippen molar-refractivity contribution in [1.29, 1.82) is 0 Å². The van der Waals surface area contributed by atoms with Gasteiger partial charge in [0, 0.05) is 36.8 Å². The monoisotopic (exact) mass is 373 g/mol. The first-order chi connectivity index (χ1) is 12.6. The maximum atomic E-state index is 12.5. The van der Waals surface area contributed by atoms with Gasteiger partial charge in [-0.15, -0.1) is 11.3 Å². The predicted molar refractivity (Wildman–Crippen MR) is 99.8 cm³/mol. The Bertz CT molecular complexity index is 765. The lowest BCUT2D eigenvalue weighted by Gasteiger charge is -2.22. The highest BCUT2D eigenvalue weighted by atomic mass is 32.1. The largest absolute Gasteiger partial charge is 0.355 e. The molecule has 2 atom stereocenters. The number of aryl methyl sites for hydroxylation is 1. The van der Waals surface area contributed by atoms with Crippen LogP contribution in [0.3, 0.4) is 0 Å². The molecule has 0 spiro atoms. The summed E-state index contributed by atoms with van der Waals surface area (Å²) in [6.07, 6.45) is 3.54. The number of nitrogens with zero attached hydrogens (tertiary/aromatic N) is 3. The Morgan fingerprint density at radius 2 is 2.27 bits per heavy atom. The van der Waals surface area contributed by atoms with Crippen molar-refractivity contribution in [2.45, 2.75) is 38.9 Å². The third-order valence-electron chi connectivity index (χ3n) is 4.49. The number of aromatic nitrogens is 2. The van der Waals surface area contributed by atoms with Crippen molar-refractivity contribution in [2.75, 3.05) is 13.1 Å². The number of likely N-dealkylation sites (tertiary alicyclic amines) is 1. The molecule has 8 heteroatoms. The standard InChI is InChI=1S/C18H23N5O2S/c1-3-20-18(25)16-7-13(9-23(16)10-14-5-4-6-26-14)22-17(24)15-8-19-11-21-12(15)2/h4-6,8,11,13,16H,3,7,9-10H2,1-2H3,(H,20,25)(H,22,24)/t13-,16-/m0/s1. The molecule has 1 aliphatic rings. The van der Waals surface area contributed by atoms with Crippen LogP contribution in [0.25, 0.3) is 0 Å². The summed E-state index contributed by atoms with van der Waals surface area (Å²) in [5.41, 5.74) is 1.12. The topological polar surface area (TPSA) is 87.2 Å². The van der Waals surface area contributed by atoms with Crippen molar-refractivity contribution in [3.63, 3.8) is 0 Å².